The van der Waals surface area contributed by atoms with Crippen LogP contribution >= 0.6 is 15.9 Å². The Hall–Kier alpha value is -0.970. The van der Waals surface area contributed by atoms with Gasteiger partial charge in [0, 0.05) is 18.7 Å². The third kappa shape index (κ3) is 2.09. The number of halogens is 1. The summed E-state index contributed by atoms with van der Waals surface area (Å²) in [5, 5.41) is 0. The molecular weight excluding hydrogens is 248 g/mol. The van der Waals surface area contributed by atoms with E-state index in [1.165, 1.54) is 4.57 Å². The molecule has 0 aliphatic carbocycles. The smallest absolute Gasteiger partial charge is 0.303 e. The monoisotopic (exact) mass is 258 g/mol. The lowest BCUT2D eigenvalue weighted by Gasteiger charge is -2.10. The number of rotatable bonds is 3. The summed E-state index contributed by atoms with van der Waals surface area (Å²) in [4.78, 5) is 25.5. The fraction of sp³-hybridized carbons (Fsp3) is 0.444. The van der Waals surface area contributed by atoms with Gasteiger partial charge in [0.05, 0.1) is 10.2 Å². The minimum Gasteiger partial charge on any atom is -0.303 e. The van der Waals surface area contributed by atoms with Gasteiger partial charge in [0.25, 0.3) is 0 Å². The van der Waals surface area contributed by atoms with Crippen molar-refractivity contribution in [2.24, 2.45) is 0 Å². The lowest BCUT2D eigenvalue weighted by Crippen LogP contribution is -2.26. The molecule has 0 spiro atoms. The van der Waals surface area contributed by atoms with Crippen molar-refractivity contribution in [2.75, 3.05) is 0 Å². The van der Waals surface area contributed by atoms with E-state index in [9.17, 15) is 9.59 Å². The van der Waals surface area contributed by atoms with Crippen LogP contribution in [-0.2, 0) is 11.3 Å². The summed E-state index contributed by atoms with van der Waals surface area (Å²) in [6.45, 7) is 3.98. The second kappa shape index (κ2) is 4.50. The van der Waals surface area contributed by atoms with E-state index >= 15 is 0 Å². The molecule has 0 N–H and O–H groups in total. The zero-order chi connectivity index (χ0) is 10.7. The van der Waals surface area contributed by atoms with Crippen molar-refractivity contribution in [1.29, 1.82) is 0 Å². The van der Waals surface area contributed by atoms with Gasteiger partial charge in [-0.25, -0.2) is 4.79 Å². The van der Waals surface area contributed by atoms with Crippen LogP contribution in [-0.4, -0.2) is 15.8 Å². The second-order valence-corrected chi connectivity index (χ2v) is 3.78. The first-order chi connectivity index (χ1) is 6.57. The molecular formula is C9H11BrN2O2. The molecule has 0 aliphatic rings. The van der Waals surface area contributed by atoms with Crippen LogP contribution in [0.5, 0.6) is 0 Å². The number of hydrogen-bond acceptors (Lipinski definition) is 3. The van der Waals surface area contributed by atoms with Gasteiger partial charge in [0.15, 0.2) is 0 Å². The van der Waals surface area contributed by atoms with Crippen LogP contribution in [0, 0.1) is 13.8 Å². The topological polar surface area (TPSA) is 52.0 Å². The van der Waals surface area contributed by atoms with Crippen LogP contribution in [0.3, 0.4) is 0 Å². The van der Waals surface area contributed by atoms with E-state index in [1.807, 2.05) is 6.92 Å². The van der Waals surface area contributed by atoms with E-state index < -0.39 is 0 Å². The van der Waals surface area contributed by atoms with Crippen molar-refractivity contribution >= 4 is 22.2 Å². The first-order valence-electron chi connectivity index (χ1n) is 4.25. The number of carbonyl (C=O) groups is 1. The second-order valence-electron chi connectivity index (χ2n) is 2.99. The highest BCUT2D eigenvalue weighted by Crippen LogP contribution is 2.16. The van der Waals surface area contributed by atoms with Crippen LogP contribution in [0.25, 0.3) is 0 Å². The summed E-state index contributed by atoms with van der Waals surface area (Å²) in [5.74, 6) is 0. The molecule has 0 bridgehead atoms. The Labute approximate surface area is 90.1 Å². The summed E-state index contributed by atoms with van der Waals surface area (Å²) in [7, 11) is 0. The van der Waals surface area contributed by atoms with Crippen molar-refractivity contribution in [2.45, 2.75) is 26.8 Å². The van der Waals surface area contributed by atoms with E-state index in [1.54, 1.807) is 6.92 Å². The first kappa shape index (κ1) is 11.1. The van der Waals surface area contributed by atoms with Crippen molar-refractivity contribution < 1.29 is 4.79 Å². The van der Waals surface area contributed by atoms with Crippen molar-refractivity contribution in [3.63, 3.8) is 0 Å². The summed E-state index contributed by atoms with van der Waals surface area (Å²) in [6.07, 6.45) is 1.12. The van der Waals surface area contributed by atoms with Gasteiger partial charge in [0.2, 0.25) is 0 Å². The molecule has 0 amide bonds. The molecule has 1 aromatic heterocycles. The number of aryl methyl sites for hydroxylation is 1. The Balaban J connectivity index is 3.22. The molecule has 0 aromatic carbocycles. The van der Waals surface area contributed by atoms with Gasteiger partial charge >= 0.3 is 5.69 Å². The van der Waals surface area contributed by atoms with E-state index in [-0.39, 0.29) is 5.69 Å². The van der Waals surface area contributed by atoms with Crippen molar-refractivity contribution in [3.8, 4) is 0 Å². The molecule has 0 saturated carbocycles. The normalized spacial score (nSPS) is 10.2. The maximum atomic E-state index is 11.4. The molecule has 14 heavy (non-hydrogen) atoms. The fourth-order valence-electron chi connectivity index (χ4n) is 1.22. The highest BCUT2D eigenvalue weighted by molar-refractivity contribution is 9.10. The molecule has 0 fully saturated rings. The van der Waals surface area contributed by atoms with E-state index in [0.717, 1.165) is 16.5 Å². The van der Waals surface area contributed by atoms with Crippen LogP contribution in [0.4, 0.5) is 0 Å². The number of hydrogen-bond donors (Lipinski definition) is 0. The standard InChI is InChI=1S/C9H11BrN2O2/c1-6-8(10)7(2)12(4-3-5-13)9(14)11-6/h5H,3-4H2,1-2H3. The van der Waals surface area contributed by atoms with E-state index in [0.29, 0.717) is 18.7 Å². The highest BCUT2D eigenvalue weighted by Gasteiger charge is 2.07. The molecule has 1 aromatic rings. The number of nitrogens with zero attached hydrogens (tertiary/aromatic N) is 2. The predicted molar refractivity (Wildman–Crippen MR) is 56.4 cm³/mol. The van der Waals surface area contributed by atoms with Gasteiger partial charge in [-0.05, 0) is 29.8 Å². The Kier molecular flexibility index (Phi) is 3.57. The van der Waals surface area contributed by atoms with Crippen LogP contribution in [0.2, 0.25) is 0 Å². The van der Waals surface area contributed by atoms with Crippen LogP contribution in [0.1, 0.15) is 17.8 Å². The lowest BCUT2D eigenvalue weighted by atomic mass is 10.3. The lowest BCUT2D eigenvalue weighted by molar-refractivity contribution is -0.108. The first-order valence-corrected chi connectivity index (χ1v) is 5.04. The minimum absolute atomic E-state index is 0.301. The molecule has 0 radical (unpaired) electrons. The molecule has 1 heterocycles. The number of aldehydes is 1. The van der Waals surface area contributed by atoms with Crippen molar-refractivity contribution in [1.82, 2.24) is 9.55 Å². The quantitative estimate of drug-likeness (QED) is 0.767. The maximum absolute atomic E-state index is 11.4. The van der Waals surface area contributed by atoms with Crippen LogP contribution < -0.4 is 5.69 Å². The summed E-state index contributed by atoms with van der Waals surface area (Å²) < 4.78 is 2.31. The van der Waals surface area contributed by atoms with Gasteiger partial charge in [-0.1, -0.05) is 0 Å². The predicted octanol–water partition coefficient (Wildman–Crippen LogP) is 1.21. The molecule has 5 heteroatoms. The zero-order valence-electron chi connectivity index (χ0n) is 8.08. The van der Waals surface area contributed by atoms with Crippen molar-refractivity contribution in [3.05, 3.63) is 26.3 Å². The Morgan fingerprint density at radius 2 is 2.14 bits per heavy atom. The molecule has 0 unspecified atom stereocenters. The van der Waals surface area contributed by atoms with Gasteiger partial charge in [-0.15, -0.1) is 0 Å². The zero-order valence-corrected chi connectivity index (χ0v) is 9.67. The summed E-state index contributed by atoms with van der Waals surface area (Å²) in [5.41, 5.74) is 1.18. The Morgan fingerprint density at radius 3 is 2.71 bits per heavy atom. The van der Waals surface area contributed by atoms with E-state index in [4.69, 9.17) is 0 Å². The average molecular weight is 259 g/mol. The molecule has 0 saturated heterocycles. The summed E-state index contributed by atoms with van der Waals surface area (Å²) >= 11 is 3.35. The van der Waals surface area contributed by atoms with Gasteiger partial charge in [-0.3, -0.25) is 4.57 Å². The Morgan fingerprint density at radius 1 is 1.50 bits per heavy atom. The van der Waals surface area contributed by atoms with Gasteiger partial charge in [0.1, 0.15) is 6.29 Å². The molecule has 0 aliphatic heterocycles. The van der Waals surface area contributed by atoms with Crippen LogP contribution in [0.15, 0.2) is 9.27 Å². The summed E-state index contributed by atoms with van der Waals surface area (Å²) in [6, 6.07) is 0. The van der Waals surface area contributed by atoms with E-state index in [2.05, 4.69) is 20.9 Å². The third-order valence-electron chi connectivity index (χ3n) is 2.00. The average Bonchev–Trinajstić information content (AvgIpc) is 2.14. The minimum atomic E-state index is -0.301. The van der Waals surface area contributed by atoms with Gasteiger partial charge < -0.3 is 4.79 Å². The molecule has 76 valence electrons. The third-order valence-corrected chi connectivity index (χ3v) is 3.15. The van der Waals surface area contributed by atoms with Gasteiger partial charge in [-0.2, -0.15) is 4.98 Å². The SMILES string of the molecule is Cc1nc(=O)n(CCC=O)c(C)c1Br. The highest BCUT2D eigenvalue weighted by atomic mass is 79.9. The Bertz CT molecular complexity index is 412. The molecule has 4 nitrogen and oxygen atoms in total. The largest absolute Gasteiger partial charge is 0.348 e. The molecule has 0 atom stereocenters. The number of carbonyl (C=O) groups excluding carboxylic acids is 1. The molecule has 1 rings (SSSR count). The fourth-order valence-corrected chi connectivity index (χ4v) is 1.52. The maximum Gasteiger partial charge on any atom is 0.348 e. The number of aromatic nitrogens is 2.